The van der Waals surface area contributed by atoms with E-state index in [1.54, 1.807) is 0 Å². The van der Waals surface area contributed by atoms with Crippen LogP contribution in [0, 0.1) is 5.41 Å². The van der Waals surface area contributed by atoms with Gasteiger partial charge in [-0.05, 0) is 0 Å². The largest absolute Gasteiger partial charge is 1.00 e. The van der Waals surface area contributed by atoms with Gasteiger partial charge in [0.2, 0.25) is 0 Å². The van der Waals surface area contributed by atoms with E-state index in [0.29, 0.717) is 5.41 Å². The van der Waals surface area contributed by atoms with Crippen LogP contribution in [0.5, 0.6) is 0 Å². The van der Waals surface area contributed by atoms with Crippen molar-refractivity contribution in [1.29, 1.82) is 0 Å². The Balaban J connectivity index is 0.000000490. The van der Waals surface area contributed by atoms with Crippen LogP contribution in [0.15, 0.2) is 0 Å². The molecule has 1 aliphatic heterocycles. The topological polar surface area (TPSA) is 9.23 Å². The zero-order valence-electron chi connectivity index (χ0n) is 5.11. The molecule has 1 heterocycles. The SMILES string of the molecule is CC1([CH2][Zn+])COC1.[I-]. The predicted molar refractivity (Wildman–Crippen MR) is 23.7 cm³/mol. The van der Waals surface area contributed by atoms with Gasteiger partial charge in [-0.3, -0.25) is 0 Å². The van der Waals surface area contributed by atoms with Crippen molar-refractivity contribution >= 4 is 0 Å². The first-order chi connectivity index (χ1) is 3.27. The summed E-state index contributed by atoms with van der Waals surface area (Å²) in [7, 11) is 0. The molecule has 3 heteroatoms. The summed E-state index contributed by atoms with van der Waals surface area (Å²) < 4.78 is 5.05. The first-order valence-corrected chi connectivity index (χ1v) is 4.74. The van der Waals surface area contributed by atoms with E-state index in [-0.39, 0.29) is 24.0 Å². The summed E-state index contributed by atoms with van der Waals surface area (Å²) >= 11 is 1.42. The Bertz CT molecular complexity index is 67.3. The van der Waals surface area contributed by atoms with Crippen LogP contribution >= 0.6 is 0 Å². The average Bonchev–Trinajstić information content (AvgIpc) is 1.61. The molecule has 0 aliphatic carbocycles. The van der Waals surface area contributed by atoms with Crippen LogP contribution in [0.1, 0.15) is 6.92 Å². The molecule has 0 spiro atoms. The molecule has 8 heavy (non-hydrogen) atoms. The van der Waals surface area contributed by atoms with Crippen LogP contribution in [0.25, 0.3) is 0 Å². The van der Waals surface area contributed by atoms with Crippen molar-refractivity contribution in [2.45, 2.75) is 11.9 Å². The van der Waals surface area contributed by atoms with E-state index in [1.165, 1.54) is 23.3 Å². The minimum atomic E-state index is 0. The van der Waals surface area contributed by atoms with Crippen molar-refractivity contribution in [1.82, 2.24) is 0 Å². The third-order valence-corrected chi connectivity index (χ3v) is 4.04. The van der Waals surface area contributed by atoms with Crippen LogP contribution in [0.4, 0.5) is 0 Å². The van der Waals surface area contributed by atoms with E-state index in [0.717, 1.165) is 13.2 Å². The van der Waals surface area contributed by atoms with Gasteiger partial charge >= 0.3 is 53.6 Å². The quantitative estimate of drug-likeness (QED) is 0.398. The molecule has 0 bridgehead atoms. The Labute approximate surface area is 77.2 Å². The molecule has 0 unspecified atom stereocenters. The molecule has 1 saturated heterocycles. The third kappa shape index (κ3) is 1.92. The fraction of sp³-hybridized carbons (Fsp3) is 1.00. The number of hydrogen-bond donors (Lipinski definition) is 0. The minimum absolute atomic E-state index is 0. The smallest absolute Gasteiger partial charge is 1.00 e. The third-order valence-electron chi connectivity index (χ3n) is 1.50. The van der Waals surface area contributed by atoms with Gasteiger partial charge in [0.05, 0.1) is 0 Å². The standard InChI is InChI=1S/C5H9O.HI.Zn/c1-5(2)3-6-4-5;;/h1,3-4H2,2H3;1H;/q;;+1/p-1. The van der Waals surface area contributed by atoms with Crippen LogP contribution in [-0.2, 0) is 23.0 Å². The van der Waals surface area contributed by atoms with Crippen molar-refractivity contribution < 1.29 is 47.0 Å². The van der Waals surface area contributed by atoms with Gasteiger partial charge in [-0.15, -0.1) is 0 Å². The maximum absolute atomic E-state index is 5.05. The minimum Gasteiger partial charge on any atom is -1.00 e. The summed E-state index contributed by atoms with van der Waals surface area (Å²) in [6.45, 7) is 4.31. The van der Waals surface area contributed by atoms with E-state index in [1.807, 2.05) is 0 Å². The van der Waals surface area contributed by atoms with E-state index < -0.39 is 0 Å². The number of ether oxygens (including phenoxy) is 1. The molecule has 0 aromatic rings. The summed E-state index contributed by atoms with van der Waals surface area (Å²) in [5, 5.41) is 1.38. The van der Waals surface area contributed by atoms with Crippen LogP contribution in [0.2, 0.25) is 5.02 Å². The van der Waals surface area contributed by atoms with Crippen molar-refractivity contribution in [3.05, 3.63) is 0 Å². The summed E-state index contributed by atoms with van der Waals surface area (Å²) in [5.41, 5.74) is 0.597. The average molecular weight is 277 g/mol. The zero-order valence-corrected chi connectivity index (χ0v) is 10.2. The molecule has 1 rings (SSSR count). The fourth-order valence-electron chi connectivity index (χ4n) is 0.595. The van der Waals surface area contributed by atoms with E-state index in [2.05, 4.69) is 6.92 Å². The molecule has 1 nitrogen and oxygen atoms in total. The summed E-state index contributed by atoms with van der Waals surface area (Å²) in [4.78, 5) is 0. The summed E-state index contributed by atoms with van der Waals surface area (Å²) in [5.74, 6) is 0. The monoisotopic (exact) mass is 276 g/mol. The van der Waals surface area contributed by atoms with Gasteiger partial charge in [0.1, 0.15) is 0 Å². The predicted octanol–water partition coefficient (Wildman–Crippen LogP) is -2.01. The molecule has 1 fully saturated rings. The Kier molecular flexibility index (Phi) is 4.04. The molecule has 0 amide bonds. The normalized spacial score (nSPS) is 23.4. The van der Waals surface area contributed by atoms with Gasteiger partial charge in [0, 0.05) is 0 Å². The molecule has 0 aromatic carbocycles. The molecule has 0 atom stereocenters. The van der Waals surface area contributed by atoms with E-state index in [9.17, 15) is 0 Å². The van der Waals surface area contributed by atoms with E-state index >= 15 is 0 Å². The van der Waals surface area contributed by atoms with Gasteiger partial charge in [-0.1, -0.05) is 0 Å². The maximum Gasteiger partial charge on any atom is -1.00 e. The fourth-order valence-corrected chi connectivity index (χ4v) is 1.20. The maximum atomic E-state index is 5.05. The molecule has 1 aliphatic rings. The molecule has 44 valence electrons. The van der Waals surface area contributed by atoms with Gasteiger partial charge in [-0.2, -0.15) is 0 Å². The molecule has 0 saturated carbocycles. The van der Waals surface area contributed by atoms with Gasteiger partial charge < -0.3 is 24.0 Å². The van der Waals surface area contributed by atoms with Crippen LogP contribution < -0.4 is 24.0 Å². The second-order valence-electron chi connectivity index (χ2n) is 2.55. The molecule has 0 N–H and O–H groups in total. The van der Waals surface area contributed by atoms with Crippen molar-refractivity contribution in [2.75, 3.05) is 13.2 Å². The van der Waals surface area contributed by atoms with Gasteiger partial charge in [-0.25, -0.2) is 0 Å². The Hall–Kier alpha value is 1.31. The van der Waals surface area contributed by atoms with Crippen LogP contribution in [-0.4, -0.2) is 13.2 Å². The number of halogens is 1. The number of hydrogen-bond acceptors (Lipinski definition) is 1. The molecule has 0 radical (unpaired) electrons. The first-order valence-electron chi connectivity index (χ1n) is 2.64. The van der Waals surface area contributed by atoms with Crippen molar-refractivity contribution in [3.8, 4) is 0 Å². The second kappa shape index (κ2) is 3.47. The first kappa shape index (κ1) is 9.31. The van der Waals surface area contributed by atoms with Crippen LogP contribution in [0.3, 0.4) is 0 Å². The molecular formula is C5H9IOZn. The second-order valence-corrected chi connectivity index (χ2v) is 3.60. The Morgan fingerprint density at radius 2 is 2.12 bits per heavy atom. The summed E-state index contributed by atoms with van der Waals surface area (Å²) in [6, 6.07) is 0. The van der Waals surface area contributed by atoms with Gasteiger partial charge in [0.15, 0.2) is 0 Å². The van der Waals surface area contributed by atoms with Crippen molar-refractivity contribution in [2.24, 2.45) is 5.41 Å². The molecule has 0 aromatic heterocycles. The molecular weight excluding hydrogens is 268 g/mol. The van der Waals surface area contributed by atoms with E-state index in [4.69, 9.17) is 4.74 Å². The Morgan fingerprint density at radius 1 is 1.62 bits per heavy atom. The van der Waals surface area contributed by atoms with Gasteiger partial charge in [0.25, 0.3) is 0 Å². The summed E-state index contributed by atoms with van der Waals surface area (Å²) in [6.07, 6.45) is 0. The zero-order chi connectivity index (χ0) is 5.33. The Morgan fingerprint density at radius 3 is 2.12 bits per heavy atom. The number of rotatable bonds is 1. The van der Waals surface area contributed by atoms with Crippen molar-refractivity contribution in [3.63, 3.8) is 0 Å².